The third kappa shape index (κ3) is 4.17. The largest absolute Gasteiger partial charge is 0.461 e. The van der Waals surface area contributed by atoms with Crippen LogP contribution in [0, 0.1) is 12.7 Å². The Balaban J connectivity index is 1.28. The minimum atomic E-state index is -0.876. The Bertz CT molecular complexity index is 1720. The second kappa shape index (κ2) is 9.87. The molecule has 4 aliphatic heterocycles. The summed E-state index contributed by atoms with van der Waals surface area (Å²) in [5, 5.41) is 12.5. The highest BCUT2D eigenvalue weighted by atomic mass is 35.5. The molecule has 4 saturated heterocycles. The van der Waals surface area contributed by atoms with Crippen molar-refractivity contribution in [1.82, 2.24) is 30.4 Å². The predicted molar refractivity (Wildman–Crippen MR) is 160 cm³/mol. The van der Waals surface area contributed by atoms with E-state index in [-0.39, 0.29) is 34.3 Å². The van der Waals surface area contributed by atoms with Crippen molar-refractivity contribution in [2.45, 2.75) is 62.8 Å². The lowest BCUT2D eigenvalue weighted by Crippen LogP contribution is -2.51. The summed E-state index contributed by atoms with van der Waals surface area (Å²) in [4.78, 5) is 13.9. The number of rotatable bonds is 5. The summed E-state index contributed by atoms with van der Waals surface area (Å²) in [7, 11) is 0. The second-order valence-electron chi connectivity index (χ2n) is 12.4. The average molecular weight is 615 g/mol. The molecule has 2 aromatic carbocycles. The average Bonchev–Trinajstić information content (AvgIpc) is 3.73. The number of H-pyrrole nitrogens is 1. The molecule has 2 unspecified atom stereocenters. The summed E-state index contributed by atoms with van der Waals surface area (Å²) in [5.74, 6) is 0.00423. The van der Waals surface area contributed by atoms with Crippen LogP contribution in [0.15, 0.2) is 18.3 Å². The molecule has 0 saturated carbocycles. The third-order valence-corrected chi connectivity index (χ3v) is 10.5. The van der Waals surface area contributed by atoms with Crippen molar-refractivity contribution in [3.8, 4) is 17.1 Å². The van der Waals surface area contributed by atoms with E-state index in [9.17, 15) is 4.39 Å². The van der Waals surface area contributed by atoms with Crippen LogP contribution >= 0.6 is 23.2 Å². The van der Waals surface area contributed by atoms with Gasteiger partial charge < -0.3 is 15.0 Å². The van der Waals surface area contributed by atoms with E-state index in [2.05, 4.69) is 30.3 Å². The van der Waals surface area contributed by atoms with Crippen LogP contribution in [0.4, 0.5) is 14.6 Å². The first kappa shape index (κ1) is 26.8. The van der Waals surface area contributed by atoms with Gasteiger partial charge in [-0.25, -0.2) is 8.78 Å². The maximum Gasteiger partial charge on any atom is 0.319 e. The Labute approximate surface area is 251 Å². The molecule has 42 heavy (non-hydrogen) atoms. The van der Waals surface area contributed by atoms with Gasteiger partial charge in [0.2, 0.25) is 0 Å². The molecule has 0 aliphatic carbocycles. The number of alkyl halides is 1. The fraction of sp³-hybridized carbons (Fsp3) is 0.500. The molecule has 4 aromatic rings. The molecule has 4 aliphatic rings. The number of aryl methyl sites for hydroxylation is 1. The number of aromatic nitrogens is 4. The monoisotopic (exact) mass is 613 g/mol. The van der Waals surface area contributed by atoms with Gasteiger partial charge in [0.05, 0.1) is 27.3 Å². The van der Waals surface area contributed by atoms with Crippen molar-refractivity contribution in [2.24, 2.45) is 0 Å². The van der Waals surface area contributed by atoms with E-state index < -0.39 is 12.0 Å². The summed E-state index contributed by atoms with van der Waals surface area (Å²) in [6.07, 6.45) is 5.20. The first-order valence-corrected chi connectivity index (χ1v) is 15.4. The second-order valence-corrected chi connectivity index (χ2v) is 13.2. The van der Waals surface area contributed by atoms with Gasteiger partial charge in [-0.05, 0) is 56.8 Å². The Hall–Kier alpha value is -2.79. The van der Waals surface area contributed by atoms with Gasteiger partial charge in [-0.3, -0.25) is 10.00 Å². The molecule has 0 amide bonds. The molecule has 8 nitrogen and oxygen atoms in total. The molecular weight excluding hydrogens is 583 g/mol. The van der Waals surface area contributed by atoms with Crippen LogP contribution in [0.3, 0.4) is 0 Å². The minimum absolute atomic E-state index is 0.0860. The van der Waals surface area contributed by atoms with Crippen LogP contribution in [0.25, 0.3) is 32.9 Å². The van der Waals surface area contributed by atoms with E-state index >= 15 is 4.39 Å². The van der Waals surface area contributed by atoms with Crippen LogP contribution in [-0.2, 0) is 0 Å². The lowest BCUT2D eigenvalue weighted by atomic mass is 9.95. The van der Waals surface area contributed by atoms with Gasteiger partial charge in [0, 0.05) is 60.0 Å². The van der Waals surface area contributed by atoms with Crippen LogP contribution < -0.4 is 15.0 Å². The summed E-state index contributed by atoms with van der Waals surface area (Å²) < 4.78 is 37.6. The maximum atomic E-state index is 16.9. The van der Waals surface area contributed by atoms with Crippen molar-refractivity contribution in [2.75, 3.05) is 37.7 Å². The summed E-state index contributed by atoms with van der Waals surface area (Å²) in [6, 6.07) is 4.38. The molecule has 220 valence electrons. The Morgan fingerprint density at radius 1 is 1.10 bits per heavy atom. The number of aromatic amines is 1. The minimum Gasteiger partial charge on any atom is -0.461 e. The molecular formula is C30H31Cl2F2N7O. The number of piperazine rings is 1. The molecule has 12 heteroatoms. The molecule has 8 rings (SSSR count). The Kier molecular flexibility index (Phi) is 6.30. The van der Waals surface area contributed by atoms with Crippen molar-refractivity contribution < 1.29 is 13.5 Å². The molecule has 2 bridgehead atoms. The predicted octanol–water partition coefficient (Wildman–Crippen LogP) is 5.82. The van der Waals surface area contributed by atoms with Crippen molar-refractivity contribution in [1.29, 1.82) is 0 Å². The number of nitrogens with one attached hydrogen (secondary N) is 2. The van der Waals surface area contributed by atoms with Crippen molar-refractivity contribution in [3.05, 3.63) is 39.8 Å². The van der Waals surface area contributed by atoms with E-state index in [1.54, 1.807) is 12.3 Å². The van der Waals surface area contributed by atoms with Gasteiger partial charge in [0.1, 0.15) is 24.1 Å². The number of anilines is 1. The summed E-state index contributed by atoms with van der Waals surface area (Å²) >= 11 is 13.7. The SMILES string of the molecule is Cc1cc2[nH]ncc2c(-c2c(Cl)cc3c(N4CC5CCC(C4)N5)nc(OC[C@@]45CCCN4C[C@H](F)C5)nc3c2F)c1Cl. The van der Waals surface area contributed by atoms with E-state index in [1.165, 1.54) is 0 Å². The molecule has 0 spiro atoms. The van der Waals surface area contributed by atoms with E-state index in [4.69, 9.17) is 32.9 Å². The van der Waals surface area contributed by atoms with Gasteiger partial charge in [-0.2, -0.15) is 15.1 Å². The van der Waals surface area contributed by atoms with Crippen LogP contribution in [0.5, 0.6) is 6.01 Å². The van der Waals surface area contributed by atoms with Crippen LogP contribution in [0.2, 0.25) is 10.0 Å². The van der Waals surface area contributed by atoms with E-state index in [0.717, 1.165) is 56.4 Å². The number of hydrogen-bond acceptors (Lipinski definition) is 7. The quantitative estimate of drug-likeness (QED) is 0.293. The number of hydrogen-bond donors (Lipinski definition) is 2. The van der Waals surface area contributed by atoms with Gasteiger partial charge in [0.25, 0.3) is 0 Å². The fourth-order valence-corrected chi connectivity index (χ4v) is 8.29. The highest BCUT2D eigenvalue weighted by Crippen LogP contribution is 2.45. The Morgan fingerprint density at radius 2 is 1.90 bits per heavy atom. The molecule has 2 N–H and O–H groups in total. The van der Waals surface area contributed by atoms with E-state index in [0.29, 0.717) is 52.2 Å². The van der Waals surface area contributed by atoms with Gasteiger partial charge >= 0.3 is 6.01 Å². The first-order valence-electron chi connectivity index (χ1n) is 14.6. The number of fused-ring (bicyclic) bond motifs is 5. The standard InChI is InChI=1S/C30H31Cl2F2N7O/c1-15-7-22-20(10-35-39-22)23(25(15)32)24-21(31)8-19-27(26(24)34)37-29(38-28(19)40-12-17-3-4-18(13-40)36-17)42-14-30-5-2-6-41(30)11-16(33)9-30/h7-8,10,16-18,36H,2-6,9,11-14H2,1H3,(H,35,39)/t16-,17?,18?,30+/m1/s1. The highest BCUT2D eigenvalue weighted by Gasteiger charge is 2.49. The van der Waals surface area contributed by atoms with Gasteiger partial charge in [-0.1, -0.05) is 23.2 Å². The zero-order valence-corrected chi connectivity index (χ0v) is 24.7. The lowest BCUT2D eigenvalue weighted by molar-refractivity contribution is 0.107. The molecule has 6 heterocycles. The zero-order chi connectivity index (χ0) is 28.7. The lowest BCUT2D eigenvalue weighted by Gasteiger charge is -2.34. The van der Waals surface area contributed by atoms with Crippen LogP contribution in [-0.4, -0.2) is 81.6 Å². The number of ether oxygens (including phenoxy) is 1. The number of nitrogens with zero attached hydrogens (tertiary/aromatic N) is 5. The topological polar surface area (TPSA) is 82.2 Å². The zero-order valence-electron chi connectivity index (χ0n) is 23.2. The first-order chi connectivity index (χ1) is 20.3. The normalized spacial score (nSPS) is 27.5. The molecule has 0 radical (unpaired) electrons. The fourth-order valence-electron chi connectivity index (χ4n) is 7.76. The smallest absolute Gasteiger partial charge is 0.319 e. The highest BCUT2D eigenvalue weighted by molar-refractivity contribution is 6.39. The van der Waals surface area contributed by atoms with E-state index in [1.807, 2.05) is 13.0 Å². The summed E-state index contributed by atoms with van der Waals surface area (Å²) in [5.41, 5.74) is 1.87. The van der Waals surface area contributed by atoms with Gasteiger partial charge in [-0.15, -0.1) is 0 Å². The van der Waals surface area contributed by atoms with Crippen molar-refractivity contribution in [3.63, 3.8) is 0 Å². The number of benzene rings is 2. The maximum absolute atomic E-state index is 16.9. The third-order valence-electron chi connectivity index (χ3n) is 9.70. The Morgan fingerprint density at radius 3 is 2.71 bits per heavy atom. The molecule has 4 atom stereocenters. The summed E-state index contributed by atoms with van der Waals surface area (Å²) in [6.45, 7) is 4.88. The van der Waals surface area contributed by atoms with Gasteiger partial charge in [0.15, 0.2) is 5.82 Å². The van der Waals surface area contributed by atoms with Crippen LogP contribution in [0.1, 0.15) is 37.7 Å². The number of halogens is 4. The molecule has 2 aromatic heterocycles. The van der Waals surface area contributed by atoms with Crippen molar-refractivity contribution >= 4 is 50.8 Å². The molecule has 4 fully saturated rings.